The predicted molar refractivity (Wildman–Crippen MR) is 186 cm³/mol. The molecule has 8 rings (SSSR count). The summed E-state index contributed by atoms with van der Waals surface area (Å²) in [4.78, 5) is 0. The minimum atomic E-state index is -0.176. The Hall–Kier alpha value is -0.680. The molecule has 8 fully saturated rings. The van der Waals surface area contributed by atoms with Crippen LogP contribution in [0.25, 0.3) is 0 Å². The van der Waals surface area contributed by atoms with Gasteiger partial charge < -0.3 is 20.4 Å². The molecule has 0 bridgehead atoms. The van der Waals surface area contributed by atoms with Crippen LogP contribution in [-0.2, 0) is 0 Å². The summed E-state index contributed by atoms with van der Waals surface area (Å²) in [6.45, 7) is 14.0. The number of hydrogen-bond donors (Lipinski definition) is 4. The smallest absolute Gasteiger partial charge is 0.0636 e. The summed E-state index contributed by atoms with van der Waals surface area (Å²) in [5, 5.41) is 42.5. The van der Waals surface area contributed by atoms with E-state index in [1.54, 1.807) is 0 Å². The molecule has 16 atom stereocenters. The molecule has 8 aliphatic rings. The zero-order valence-corrected chi connectivity index (χ0v) is 30.2. The molecule has 0 heterocycles. The van der Waals surface area contributed by atoms with Gasteiger partial charge in [0.05, 0.1) is 24.4 Å². The van der Waals surface area contributed by atoms with E-state index in [0.29, 0.717) is 46.3 Å². The summed E-state index contributed by atoms with van der Waals surface area (Å²) in [7, 11) is 0. The first-order valence-electron chi connectivity index (χ1n) is 19.9. The average molecular weight is 637 g/mol. The molecular formula is C42H68O4. The monoisotopic (exact) mass is 637 g/mol. The first-order valence-corrected chi connectivity index (χ1v) is 19.9. The SMILES string of the molecule is C/C=C1/CC[C@@H]2[C@H]3CC[C@H]4C[C@@H](O)CC[C@@]4(C)[C@@H]3C[C@@H](O)[C@@]12C.C/C=C1/CC[C@@H]2[C@H]3CC[C@H]4C[C@@H](O)CC[C@@]4(C)[C@@H]3C[C@@H](O)[C@@]12C. The van der Waals surface area contributed by atoms with Crippen molar-refractivity contribution in [1.29, 1.82) is 0 Å². The highest BCUT2D eigenvalue weighted by atomic mass is 16.3. The molecule has 4 nitrogen and oxygen atoms in total. The van der Waals surface area contributed by atoms with Gasteiger partial charge in [-0.05, 0) is 175 Å². The number of rotatable bonds is 0. The third-order valence-corrected chi connectivity index (χ3v) is 17.9. The number of aliphatic hydroxyl groups excluding tert-OH is 4. The van der Waals surface area contributed by atoms with Crippen LogP contribution in [0.4, 0.5) is 0 Å². The Morgan fingerprint density at radius 2 is 0.891 bits per heavy atom. The number of allylic oxidation sites excluding steroid dienone is 2. The molecule has 0 radical (unpaired) electrons. The van der Waals surface area contributed by atoms with Gasteiger partial charge in [0.1, 0.15) is 0 Å². The van der Waals surface area contributed by atoms with Crippen molar-refractivity contribution in [2.24, 2.45) is 69.0 Å². The van der Waals surface area contributed by atoms with Crippen molar-refractivity contribution in [2.75, 3.05) is 0 Å². The molecular weight excluding hydrogens is 568 g/mol. The van der Waals surface area contributed by atoms with E-state index in [0.717, 1.165) is 63.2 Å². The molecule has 4 N–H and O–H groups in total. The summed E-state index contributed by atoms with van der Waals surface area (Å²) >= 11 is 0. The second-order valence-corrected chi connectivity index (χ2v) is 18.9. The van der Waals surface area contributed by atoms with Gasteiger partial charge in [-0.15, -0.1) is 0 Å². The molecule has 0 unspecified atom stereocenters. The van der Waals surface area contributed by atoms with E-state index >= 15 is 0 Å². The van der Waals surface area contributed by atoms with Crippen molar-refractivity contribution >= 4 is 0 Å². The lowest BCUT2D eigenvalue weighted by Gasteiger charge is -2.61. The lowest BCUT2D eigenvalue weighted by molar-refractivity contribution is -0.153. The third-order valence-electron chi connectivity index (χ3n) is 17.9. The van der Waals surface area contributed by atoms with Crippen LogP contribution in [0, 0.1) is 69.0 Å². The van der Waals surface area contributed by atoms with Crippen molar-refractivity contribution in [3.63, 3.8) is 0 Å². The van der Waals surface area contributed by atoms with E-state index in [9.17, 15) is 20.4 Å². The largest absolute Gasteiger partial charge is 0.393 e. The van der Waals surface area contributed by atoms with Crippen LogP contribution in [-0.4, -0.2) is 44.8 Å². The highest BCUT2D eigenvalue weighted by molar-refractivity contribution is 5.27. The minimum Gasteiger partial charge on any atom is -0.393 e. The summed E-state index contributed by atoms with van der Waals surface area (Å²) in [5.41, 5.74) is 3.80. The molecule has 0 aliphatic heterocycles. The summed E-state index contributed by atoms with van der Waals surface area (Å²) in [6.07, 6.45) is 22.4. The van der Waals surface area contributed by atoms with Gasteiger partial charge in [-0.3, -0.25) is 0 Å². The van der Waals surface area contributed by atoms with Gasteiger partial charge in [-0.2, -0.15) is 0 Å². The zero-order chi connectivity index (χ0) is 32.8. The zero-order valence-electron chi connectivity index (χ0n) is 30.2. The Labute approximate surface area is 280 Å². The number of hydrogen-bond acceptors (Lipinski definition) is 4. The first-order chi connectivity index (χ1) is 21.8. The highest BCUT2D eigenvalue weighted by Gasteiger charge is 2.63. The average Bonchev–Trinajstić information content (AvgIpc) is 3.57. The molecule has 0 amide bonds. The van der Waals surface area contributed by atoms with Crippen molar-refractivity contribution in [3.8, 4) is 0 Å². The molecule has 0 aromatic carbocycles. The van der Waals surface area contributed by atoms with Crippen LogP contribution in [0.1, 0.15) is 144 Å². The Kier molecular flexibility index (Phi) is 8.80. The predicted octanol–water partition coefficient (Wildman–Crippen LogP) is 8.61. The normalized spacial score (nSPS) is 57.7. The van der Waals surface area contributed by atoms with Gasteiger partial charge in [-0.25, -0.2) is 0 Å². The third kappa shape index (κ3) is 4.79. The lowest BCUT2D eigenvalue weighted by atomic mass is 9.44. The number of fused-ring (bicyclic) bond motifs is 10. The molecule has 4 heteroatoms. The molecule has 0 spiro atoms. The van der Waals surface area contributed by atoms with Crippen LogP contribution in [0.5, 0.6) is 0 Å². The van der Waals surface area contributed by atoms with Crippen molar-refractivity contribution < 1.29 is 20.4 Å². The lowest BCUT2D eigenvalue weighted by Crippen LogP contribution is -2.57. The summed E-state index contributed by atoms with van der Waals surface area (Å²) in [6, 6.07) is 0. The maximum absolute atomic E-state index is 11.1. The summed E-state index contributed by atoms with van der Waals surface area (Å²) in [5.74, 6) is 5.60. The Morgan fingerprint density at radius 3 is 1.26 bits per heavy atom. The first kappa shape index (κ1) is 33.8. The summed E-state index contributed by atoms with van der Waals surface area (Å²) < 4.78 is 0. The molecule has 0 saturated heterocycles. The van der Waals surface area contributed by atoms with Gasteiger partial charge in [0.25, 0.3) is 0 Å². The van der Waals surface area contributed by atoms with Crippen molar-refractivity contribution in [3.05, 3.63) is 23.3 Å². The van der Waals surface area contributed by atoms with Crippen LogP contribution < -0.4 is 0 Å². The van der Waals surface area contributed by atoms with E-state index in [4.69, 9.17) is 0 Å². The van der Waals surface area contributed by atoms with Gasteiger partial charge in [0.15, 0.2) is 0 Å². The molecule has 0 aromatic rings. The van der Waals surface area contributed by atoms with E-state index in [-0.39, 0.29) is 35.2 Å². The van der Waals surface area contributed by atoms with Gasteiger partial charge in [0, 0.05) is 10.8 Å². The quantitative estimate of drug-likeness (QED) is 0.201. The van der Waals surface area contributed by atoms with E-state index in [2.05, 4.69) is 53.7 Å². The maximum Gasteiger partial charge on any atom is 0.0636 e. The Balaban J connectivity index is 0.000000147. The second kappa shape index (κ2) is 12.0. The van der Waals surface area contributed by atoms with Crippen LogP contribution >= 0.6 is 0 Å². The molecule has 8 aliphatic carbocycles. The topological polar surface area (TPSA) is 80.9 Å². The molecule has 46 heavy (non-hydrogen) atoms. The Bertz CT molecular complexity index is 1120. The van der Waals surface area contributed by atoms with Gasteiger partial charge >= 0.3 is 0 Å². The highest BCUT2D eigenvalue weighted by Crippen LogP contribution is 2.69. The van der Waals surface area contributed by atoms with Crippen molar-refractivity contribution in [1.82, 2.24) is 0 Å². The van der Waals surface area contributed by atoms with Crippen LogP contribution in [0.3, 0.4) is 0 Å². The standard InChI is InChI=1S/2C21H34O2/c2*1-4-13-6-8-17-16-7-5-14-11-15(22)9-10-20(14,2)18(16)12-19(23)21(13,17)3/h2*4,14-19,22-23H,5-12H2,1-3H3/b2*13-4-/t2*14-,15-,16+,17+,18+,19+,20+,21-/m00/s1. The van der Waals surface area contributed by atoms with Gasteiger partial charge in [-0.1, -0.05) is 51.0 Å². The Morgan fingerprint density at radius 1 is 0.500 bits per heavy atom. The fraction of sp³-hybridized carbons (Fsp3) is 0.905. The molecule has 0 aromatic heterocycles. The minimum absolute atomic E-state index is 0.0350. The van der Waals surface area contributed by atoms with E-state index < -0.39 is 0 Å². The second-order valence-electron chi connectivity index (χ2n) is 18.9. The number of aliphatic hydroxyl groups is 4. The van der Waals surface area contributed by atoms with Crippen molar-refractivity contribution in [2.45, 2.75) is 169 Å². The fourth-order valence-electron chi connectivity index (χ4n) is 15.0. The maximum atomic E-state index is 11.1. The fourth-order valence-corrected chi connectivity index (χ4v) is 15.0. The van der Waals surface area contributed by atoms with Gasteiger partial charge in [0.2, 0.25) is 0 Å². The van der Waals surface area contributed by atoms with E-state index in [1.807, 2.05) is 0 Å². The van der Waals surface area contributed by atoms with E-state index in [1.165, 1.54) is 62.5 Å². The van der Waals surface area contributed by atoms with Crippen LogP contribution in [0.15, 0.2) is 23.3 Å². The molecule has 260 valence electrons. The van der Waals surface area contributed by atoms with Crippen LogP contribution in [0.2, 0.25) is 0 Å². The molecule has 8 saturated carbocycles.